The molecule has 1 aromatic rings. The van der Waals surface area contributed by atoms with Gasteiger partial charge in [0.25, 0.3) is 0 Å². The number of sulfonamides is 2. The fourth-order valence-electron chi connectivity index (χ4n) is 1.25. The monoisotopic (exact) mass is 307 g/mol. The van der Waals surface area contributed by atoms with E-state index in [9.17, 15) is 16.8 Å². The van der Waals surface area contributed by atoms with Crippen molar-refractivity contribution in [2.45, 2.75) is 23.6 Å². The van der Waals surface area contributed by atoms with Crippen LogP contribution in [0.5, 0.6) is 0 Å². The molecule has 0 aromatic heterocycles. The van der Waals surface area contributed by atoms with E-state index in [1.54, 1.807) is 0 Å². The molecule has 1 unspecified atom stereocenters. The molecule has 0 bridgehead atoms. The van der Waals surface area contributed by atoms with E-state index >= 15 is 0 Å². The van der Waals surface area contributed by atoms with E-state index in [1.165, 1.54) is 31.2 Å². The maximum atomic E-state index is 11.7. The minimum absolute atomic E-state index is 0.0190. The Hall–Kier alpha value is -1.00. The van der Waals surface area contributed by atoms with E-state index in [-0.39, 0.29) is 18.0 Å². The second-order valence-electron chi connectivity index (χ2n) is 4.10. The number of nitrogens with one attached hydrogen (secondary N) is 1. The lowest BCUT2D eigenvalue weighted by molar-refractivity contribution is 0.568. The van der Waals surface area contributed by atoms with Crippen LogP contribution in [-0.2, 0) is 26.6 Å². The van der Waals surface area contributed by atoms with Gasteiger partial charge in [-0.3, -0.25) is 0 Å². The van der Waals surface area contributed by atoms with Gasteiger partial charge < -0.3 is 5.73 Å². The molecule has 0 saturated carbocycles. The van der Waals surface area contributed by atoms with Gasteiger partial charge >= 0.3 is 0 Å². The van der Waals surface area contributed by atoms with Crippen LogP contribution in [0.15, 0.2) is 29.2 Å². The van der Waals surface area contributed by atoms with Gasteiger partial charge in [-0.1, -0.05) is 12.1 Å². The predicted octanol–water partition coefficient (Wildman–Crippen LogP) is -0.899. The highest BCUT2D eigenvalue weighted by atomic mass is 32.2. The van der Waals surface area contributed by atoms with Crippen molar-refractivity contribution in [3.05, 3.63) is 29.8 Å². The third kappa shape index (κ3) is 4.55. The summed E-state index contributed by atoms with van der Waals surface area (Å²) in [5.41, 5.74) is 5.92. The summed E-state index contributed by atoms with van der Waals surface area (Å²) in [5.74, 6) is 0. The van der Waals surface area contributed by atoms with E-state index in [0.29, 0.717) is 5.56 Å². The lowest BCUT2D eigenvalue weighted by Crippen LogP contribution is -2.36. The molecule has 0 spiro atoms. The molecular formula is C10H17N3O4S2. The fraction of sp³-hybridized carbons (Fsp3) is 0.400. The summed E-state index contributed by atoms with van der Waals surface area (Å²) in [7, 11) is -7.20. The lowest BCUT2D eigenvalue weighted by Gasteiger charge is -2.11. The number of hydrogen-bond donors (Lipinski definition) is 3. The summed E-state index contributed by atoms with van der Waals surface area (Å²) in [6.07, 6.45) is 0. The molecular weight excluding hydrogens is 290 g/mol. The average Bonchev–Trinajstić information content (AvgIpc) is 2.35. The molecule has 0 radical (unpaired) electrons. The Morgan fingerprint density at radius 3 is 2.11 bits per heavy atom. The highest BCUT2D eigenvalue weighted by Gasteiger charge is 2.18. The van der Waals surface area contributed by atoms with Gasteiger partial charge in [0.1, 0.15) is 0 Å². The molecule has 0 amide bonds. The standard InChI is InChI=1S/C10H17N3O4S2/c1-8(6-11)19(16,17)13-7-9-2-4-10(5-3-9)18(12,14)15/h2-5,8,13H,6-7,11H2,1H3,(H2,12,14,15). The second kappa shape index (κ2) is 5.97. The summed E-state index contributed by atoms with van der Waals surface area (Å²) in [4.78, 5) is -0.0190. The molecule has 0 heterocycles. The van der Waals surface area contributed by atoms with E-state index in [0.717, 1.165) is 0 Å². The Bertz CT molecular complexity index is 623. The highest BCUT2D eigenvalue weighted by Crippen LogP contribution is 2.09. The zero-order valence-corrected chi connectivity index (χ0v) is 12.0. The van der Waals surface area contributed by atoms with Crippen LogP contribution in [0.25, 0.3) is 0 Å². The summed E-state index contributed by atoms with van der Waals surface area (Å²) in [6.45, 7) is 1.60. The summed E-state index contributed by atoms with van der Waals surface area (Å²) >= 11 is 0. The van der Waals surface area contributed by atoms with Crippen molar-refractivity contribution >= 4 is 20.0 Å². The number of rotatable bonds is 6. The van der Waals surface area contributed by atoms with Gasteiger partial charge in [-0.25, -0.2) is 26.7 Å². The molecule has 9 heteroatoms. The second-order valence-corrected chi connectivity index (χ2v) is 7.85. The first-order chi connectivity index (χ1) is 8.66. The number of hydrogen-bond acceptors (Lipinski definition) is 5. The Kier molecular flexibility index (Phi) is 5.04. The maximum Gasteiger partial charge on any atom is 0.238 e. The van der Waals surface area contributed by atoms with E-state index in [1.807, 2.05) is 0 Å². The minimum atomic E-state index is -3.74. The van der Waals surface area contributed by atoms with Gasteiger partial charge in [0.15, 0.2) is 0 Å². The molecule has 5 N–H and O–H groups in total. The van der Waals surface area contributed by atoms with Gasteiger partial charge in [0.05, 0.1) is 10.1 Å². The predicted molar refractivity (Wildman–Crippen MR) is 72.1 cm³/mol. The Morgan fingerprint density at radius 1 is 1.16 bits per heavy atom. The average molecular weight is 307 g/mol. The van der Waals surface area contributed by atoms with Crippen LogP contribution < -0.4 is 15.6 Å². The lowest BCUT2D eigenvalue weighted by atomic mass is 10.2. The normalized spacial score (nSPS) is 14.3. The molecule has 0 fully saturated rings. The van der Waals surface area contributed by atoms with Crippen LogP contribution in [0.1, 0.15) is 12.5 Å². The van der Waals surface area contributed by atoms with Crippen molar-refractivity contribution in [1.29, 1.82) is 0 Å². The van der Waals surface area contributed by atoms with Crippen molar-refractivity contribution in [1.82, 2.24) is 4.72 Å². The first-order valence-electron chi connectivity index (χ1n) is 5.47. The van der Waals surface area contributed by atoms with Crippen LogP contribution >= 0.6 is 0 Å². The van der Waals surface area contributed by atoms with Crippen LogP contribution in [-0.4, -0.2) is 28.6 Å². The summed E-state index contributed by atoms with van der Waals surface area (Å²) in [5, 5.41) is 4.27. The molecule has 0 aliphatic heterocycles. The van der Waals surface area contributed by atoms with Gasteiger partial charge in [-0.05, 0) is 24.6 Å². The molecule has 19 heavy (non-hydrogen) atoms. The molecule has 7 nitrogen and oxygen atoms in total. The molecule has 1 rings (SSSR count). The quantitative estimate of drug-likeness (QED) is 0.626. The Balaban J connectivity index is 2.76. The van der Waals surface area contributed by atoms with Crippen LogP contribution in [0.2, 0.25) is 0 Å². The van der Waals surface area contributed by atoms with Crippen molar-refractivity contribution in [3.8, 4) is 0 Å². The van der Waals surface area contributed by atoms with Crippen LogP contribution in [0, 0.1) is 0 Å². The zero-order chi connectivity index (χ0) is 14.7. The van der Waals surface area contributed by atoms with Gasteiger partial charge in [-0.15, -0.1) is 0 Å². The number of primary sulfonamides is 1. The van der Waals surface area contributed by atoms with E-state index in [4.69, 9.17) is 10.9 Å². The van der Waals surface area contributed by atoms with Gasteiger partial charge in [0.2, 0.25) is 20.0 Å². The number of nitrogens with two attached hydrogens (primary N) is 2. The largest absolute Gasteiger partial charge is 0.329 e. The third-order valence-electron chi connectivity index (χ3n) is 2.59. The SMILES string of the molecule is CC(CN)S(=O)(=O)NCc1ccc(S(N)(=O)=O)cc1. The van der Waals surface area contributed by atoms with Crippen molar-refractivity contribution in [3.63, 3.8) is 0 Å². The first kappa shape index (κ1) is 16.1. The molecule has 108 valence electrons. The zero-order valence-electron chi connectivity index (χ0n) is 10.4. The molecule has 1 aromatic carbocycles. The first-order valence-corrected chi connectivity index (χ1v) is 8.56. The topological polar surface area (TPSA) is 132 Å². The maximum absolute atomic E-state index is 11.7. The van der Waals surface area contributed by atoms with Crippen molar-refractivity contribution < 1.29 is 16.8 Å². The number of benzene rings is 1. The molecule has 0 aliphatic rings. The molecule has 0 saturated heterocycles. The summed E-state index contributed by atoms with van der Waals surface area (Å²) in [6, 6.07) is 5.64. The van der Waals surface area contributed by atoms with E-state index < -0.39 is 25.3 Å². The highest BCUT2D eigenvalue weighted by molar-refractivity contribution is 7.90. The smallest absolute Gasteiger partial charge is 0.238 e. The van der Waals surface area contributed by atoms with Crippen molar-refractivity contribution in [2.24, 2.45) is 10.9 Å². The van der Waals surface area contributed by atoms with Crippen LogP contribution in [0.3, 0.4) is 0 Å². The molecule has 0 aliphatic carbocycles. The van der Waals surface area contributed by atoms with Crippen molar-refractivity contribution in [2.75, 3.05) is 6.54 Å². The molecule has 1 atom stereocenters. The third-order valence-corrected chi connectivity index (χ3v) is 5.32. The Morgan fingerprint density at radius 2 is 1.68 bits per heavy atom. The van der Waals surface area contributed by atoms with Gasteiger partial charge in [-0.2, -0.15) is 0 Å². The van der Waals surface area contributed by atoms with Crippen LogP contribution in [0.4, 0.5) is 0 Å². The minimum Gasteiger partial charge on any atom is -0.329 e. The summed E-state index contributed by atoms with van der Waals surface area (Å²) < 4.78 is 47.8. The Labute approximate surface area is 113 Å². The van der Waals surface area contributed by atoms with E-state index in [2.05, 4.69) is 4.72 Å². The fourth-order valence-corrected chi connectivity index (χ4v) is 2.67. The van der Waals surface area contributed by atoms with Gasteiger partial charge in [0, 0.05) is 13.1 Å².